The first kappa shape index (κ1) is 14.0. The quantitative estimate of drug-likeness (QED) is 0.713. The van der Waals surface area contributed by atoms with Gasteiger partial charge in [0.05, 0.1) is 5.69 Å². The zero-order valence-electron chi connectivity index (χ0n) is 12.9. The van der Waals surface area contributed by atoms with Crippen LogP contribution in [0.1, 0.15) is 29.7 Å². The van der Waals surface area contributed by atoms with Crippen LogP contribution in [0.4, 0.5) is 10.1 Å². The van der Waals surface area contributed by atoms with Crippen LogP contribution in [0.5, 0.6) is 0 Å². The smallest absolute Gasteiger partial charge is 0.123 e. The van der Waals surface area contributed by atoms with Gasteiger partial charge in [-0.25, -0.2) is 4.39 Å². The van der Waals surface area contributed by atoms with Crippen molar-refractivity contribution >= 4 is 5.69 Å². The van der Waals surface area contributed by atoms with Gasteiger partial charge in [-0.15, -0.1) is 0 Å². The molecular formula is C19H18FN3. The van der Waals surface area contributed by atoms with E-state index in [4.69, 9.17) is 5.73 Å². The van der Waals surface area contributed by atoms with Crippen molar-refractivity contribution in [2.45, 2.75) is 25.2 Å². The van der Waals surface area contributed by atoms with Gasteiger partial charge < -0.3 is 5.73 Å². The number of nitrogens with one attached hydrogen (secondary N) is 1. The highest BCUT2D eigenvalue weighted by atomic mass is 19.1. The number of halogens is 1. The molecule has 23 heavy (non-hydrogen) atoms. The summed E-state index contributed by atoms with van der Waals surface area (Å²) in [6, 6.07) is 14.6. The summed E-state index contributed by atoms with van der Waals surface area (Å²) in [5, 5.41) is 7.75. The highest BCUT2D eigenvalue weighted by Gasteiger charge is 2.48. The molecule has 0 radical (unpaired) electrons. The third-order valence-electron chi connectivity index (χ3n) is 4.82. The molecule has 0 spiro atoms. The van der Waals surface area contributed by atoms with E-state index in [2.05, 4.69) is 17.1 Å². The predicted molar refractivity (Wildman–Crippen MR) is 89.6 cm³/mol. The fraction of sp³-hybridized carbons (Fsp3) is 0.211. The van der Waals surface area contributed by atoms with Gasteiger partial charge in [0, 0.05) is 22.4 Å². The van der Waals surface area contributed by atoms with Gasteiger partial charge in [0.25, 0.3) is 0 Å². The van der Waals surface area contributed by atoms with Gasteiger partial charge in [0.15, 0.2) is 0 Å². The molecule has 1 aliphatic rings. The summed E-state index contributed by atoms with van der Waals surface area (Å²) < 4.78 is 13.2. The third kappa shape index (κ3) is 2.22. The monoisotopic (exact) mass is 307 g/mol. The van der Waals surface area contributed by atoms with E-state index in [1.54, 1.807) is 0 Å². The van der Waals surface area contributed by atoms with Crippen LogP contribution in [0.2, 0.25) is 0 Å². The van der Waals surface area contributed by atoms with Crippen molar-refractivity contribution < 1.29 is 4.39 Å². The Morgan fingerprint density at radius 2 is 1.70 bits per heavy atom. The average Bonchev–Trinajstić information content (AvgIpc) is 3.26. The number of H-pyrrole nitrogens is 1. The molecule has 2 aromatic carbocycles. The lowest BCUT2D eigenvalue weighted by molar-refractivity contribution is 0.625. The topological polar surface area (TPSA) is 54.7 Å². The zero-order valence-corrected chi connectivity index (χ0v) is 12.9. The van der Waals surface area contributed by atoms with E-state index < -0.39 is 0 Å². The van der Waals surface area contributed by atoms with Crippen molar-refractivity contribution in [2.24, 2.45) is 0 Å². The van der Waals surface area contributed by atoms with E-state index in [0.717, 1.165) is 46.6 Å². The predicted octanol–water partition coefficient (Wildman–Crippen LogP) is 4.19. The number of nitrogen functional groups attached to an aromatic ring is 1. The number of anilines is 1. The molecule has 0 saturated heterocycles. The summed E-state index contributed by atoms with van der Waals surface area (Å²) in [5.74, 6) is -0.201. The van der Waals surface area contributed by atoms with Crippen LogP contribution >= 0.6 is 0 Å². The molecule has 1 aromatic heterocycles. The molecule has 0 amide bonds. The zero-order chi connectivity index (χ0) is 16.0. The van der Waals surface area contributed by atoms with Gasteiger partial charge in [0.1, 0.15) is 5.82 Å². The number of hydrogen-bond acceptors (Lipinski definition) is 2. The lowest BCUT2D eigenvalue weighted by Crippen LogP contribution is -2.10. The highest BCUT2D eigenvalue weighted by molar-refractivity contribution is 5.67. The molecule has 1 saturated carbocycles. The summed E-state index contributed by atoms with van der Waals surface area (Å²) in [6.07, 6.45) is 2.12. The summed E-state index contributed by atoms with van der Waals surface area (Å²) in [7, 11) is 0. The Hall–Kier alpha value is -2.62. The summed E-state index contributed by atoms with van der Waals surface area (Å²) in [5.41, 5.74) is 11.9. The number of aromatic nitrogens is 2. The van der Waals surface area contributed by atoms with Crippen LogP contribution in [0.15, 0.2) is 48.5 Å². The van der Waals surface area contributed by atoms with E-state index in [1.165, 1.54) is 12.1 Å². The van der Waals surface area contributed by atoms with Crippen molar-refractivity contribution in [2.75, 3.05) is 5.73 Å². The van der Waals surface area contributed by atoms with E-state index in [-0.39, 0.29) is 11.2 Å². The Kier molecular flexibility index (Phi) is 3.01. The van der Waals surface area contributed by atoms with Crippen molar-refractivity contribution in [1.29, 1.82) is 0 Å². The van der Waals surface area contributed by atoms with Crippen LogP contribution in [-0.2, 0) is 5.41 Å². The molecule has 0 unspecified atom stereocenters. The number of nitrogens with zero attached hydrogens (tertiary/aromatic N) is 1. The first-order valence-corrected chi connectivity index (χ1v) is 7.77. The number of hydrogen-bond donors (Lipinski definition) is 2. The van der Waals surface area contributed by atoms with Crippen molar-refractivity contribution in [1.82, 2.24) is 10.2 Å². The number of rotatable bonds is 3. The van der Waals surface area contributed by atoms with Gasteiger partial charge >= 0.3 is 0 Å². The Morgan fingerprint density at radius 1 is 1.04 bits per heavy atom. The van der Waals surface area contributed by atoms with E-state index >= 15 is 0 Å². The summed E-state index contributed by atoms with van der Waals surface area (Å²) >= 11 is 0. The lowest BCUT2D eigenvalue weighted by Gasteiger charge is -2.15. The van der Waals surface area contributed by atoms with Gasteiger partial charge in [-0.1, -0.05) is 24.3 Å². The largest absolute Gasteiger partial charge is 0.399 e. The minimum absolute atomic E-state index is 0.0448. The first-order chi connectivity index (χ1) is 11.1. The molecule has 116 valence electrons. The number of nitrogens with two attached hydrogens (primary N) is 1. The molecule has 1 aliphatic carbocycles. The summed E-state index contributed by atoms with van der Waals surface area (Å²) in [4.78, 5) is 0. The standard InChI is InChI=1S/C19H18FN3/c1-12-17(13-2-8-16(21)9-3-13)22-23-18(12)19(10-11-19)14-4-6-15(20)7-5-14/h2-9H,10-11,21H2,1H3,(H,22,23). The molecule has 4 rings (SSSR count). The molecule has 0 aliphatic heterocycles. The number of benzene rings is 2. The lowest BCUT2D eigenvalue weighted by atomic mass is 9.89. The van der Waals surface area contributed by atoms with Gasteiger partial charge in [0.2, 0.25) is 0 Å². The first-order valence-electron chi connectivity index (χ1n) is 7.77. The molecule has 3 nitrogen and oxygen atoms in total. The van der Waals surface area contributed by atoms with Crippen LogP contribution in [0, 0.1) is 12.7 Å². The van der Waals surface area contributed by atoms with E-state index in [9.17, 15) is 4.39 Å². The Bertz CT molecular complexity index is 843. The second kappa shape index (κ2) is 4.95. The summed E-state index contributed by atoms with van der Waals surface area (Å²) in [6.45, 7) is 2.09. The number of aromatic amines is 1. The highest BCUT2D eigenvalue weighted by Crippen LogP contribution is 2.54. The fourth-order valence-corrected chi connectivity index (χ4v) is 3.36. The minimum Gasteiger partial charge on any atom is -0.399 e. The SMILES string of the molecule is Cc1c(-c2ccc(N)cc2)n[nH]c1C1(c2ccc(F)cc2)CC1. The van der Waals surface area contributed by atoms with Crippen LogP contribution in [0.25, 0.3) is 11.3 Å². The Balaban J connectivity index is 1.76. The molecule has 1 fully saturated rings. The Morgan fingerprint density at radius 3 is 2.30 bits per heavy atom. The maximum atomic E-state index is 13.2. The van der Waals surface area contributed by atoms with Crippen LogP contribution in [-0.4, -0.2) is 10.2 Å². The molecule has 1 heterocycles. The van der Waals surface area contributed by atoms with E-state index in [0.29, 0.717) is 0 Å². The second-order valence-corrected chi connectivity index (χ2v) is 6.28. The molecule has 3 N–H and O–H groups in total. The van der Waals surface area contributed by atoms with Gasteiger partial charge in [-0.05, 0) is 55.2 Å². The Labute approximate surface area is 134 Å². The van der Waals surface area contributed by atoms with Crippen molar-refractivity contribution in [3.8, 4) is 11.3 Å². The second-order valence-electron chi connectivity index (χ2n) is 6.28. The van der Waals surface area contributed by atoms with Crippen LogP contribution < -0.4 is 5.73 Å². The minimum atomic E-state index is -0.201. The fourth-order valence-electron chi connectivity index (χ4n) is 3.36. The van der Waals surface area contributed by atoms with Gasteiger partial charge in [-0.2, -0.15) is 5.10 Å². The average molecular weight is 307 g/mol. The third-order valence-corrected chi connectivity index (χ3v) is 4.82. The van der Waals surface area contributed by atoms with E-state index in [1.807, 2.05) is 36.4 Å². The molecule has 0 atom stereocenters. The molecule has 3 aromatic rings. The normalized spacial score (nSPS) is 15.6. The molecule has 4 heteroatoms. The van der Waals surface area contributed by atoms with Crippen LogP contribution in [0.3, 0.4) is 0 Å². The molecular weight excluding hydrogens is 289 g/mol. The van der Waals surface area contributed by atoms with Crippen molar-refractivity contribution in [3.05, 3.63) is 71.2 Å². The maximum absolute atomic E-state index is 13.2. The van der Waals surface area contributed by atoms with Gasteiger partial charge in [-0.3, -0.25) is 5.10 Å². The molecule has 0 bridgehead atoms. The van der Waals surface area contributed by atoms with Crippen molar-refractivity contribution in [3.63, 3.8) is 0 Å². The maximum Gasteiger partial charge on any atom is 0.123 e.